The normalized spacial score (nSPS) is 11.6. The van der Waals surface area contributed by atoms with E-state index in [0.29, 0.717) is 34.9 Å². The van der Waals surface area contributed by atoms with E-state index >= 15 is 0 Å². The summed E-state index contributed by atoms with van der Waals surface area (Å²) in [5.41, 5.74) is 11.6. The van der Waals surface area contributed by atoms with Crippen molar-refractivity contribution in [3.63, 3.8) is 0 Å². The summed E-state index contributed by atoms with van der Waals surface area (Å²) >= 11 is 0. The van der Waals surface area contributed by atoms with Crippen molar-refractivity contribution in [3.05, 3.63) is 162 Å². The van der Waals surface area contributed by atoms with Gasteiger partial charge in [0.05, 0.1) is 50.2 Å². The van der Waals surface area contributed by atoms with Gasteiger partial charge in [-0.25, -0.2) is 29.9 Å². The van der Waals surface area contributed by atoms with Crippen LogP contribution in [0, 0.1) is 20.8 Å². The number of nitrogens with zero attached hydrogens (tertiary/aromatic N) is 9. The zero-order valence-corrected chi connectivity index (χ0v) is 29.9. The molecule has 0 amide bonds. The highest BCUT2D eigenvalue weighted by Gasteiger charge is 2.26. The van der Waals surface area contributed by atoms with Gasteiger partial charge in [-0.05, 0) is 92.1 Å². The van der Waals surface area contributed by atoms with Crippen LogP contribution < -0.4 is 0 Å². The monoisotopic (exact) mass is 699 g/mol. The van der Waals surface area contributed by atoms with Gasteiger partial charge in [-0.1, -0.05) is 91.0 Å². The Labute approximate surface area is 310 Å². The molecule has 0 aliphatic rings. The van der Waals surface area contributed by atoms with Crippen molar-refractivity contribution < 1.29 is 0 Å². The Morgan fingerprint density at radius 3 is 0.852 bits per heavy atom. The van der Waals surface area contributed by atoms with E-state index in [1.165, 1.54) is 0 Å². The molecule has 9 heteroatoms. The van der Waals surface area contributed by atoms with Gasteiger partial charge in [-0.3, -0.25) is 13.7 Å². The molecule has 0 N–H and O–H groups in total. The molecule has 0 unspecified atom stereocenters. The number of aryl methyl sites for hydroxylation is 3. The third-order valence-corrected chi connectivity index (χ3v) is 9.99. The van der Waals surface area contributed by atoms with E-state index in [9.17, 15) is 0 Å². The van der Waals surface area contributed by atoms with Gasteiger partial charge in [0.15, 0.2) is 17.5 Å². The summed E-state index contributed by atoms with van der Waals surface area (Å²) < 4.78 is 6.42. The van der Waals surface area contributed by atoms with Crippen molar-refractivity contribution in [3.8, 4) is 52.0 Å². The first-order chi connectivity index (χ1) is 26.5. The smallest absolute Gasteiger partial charge is 0.200 e. The van der Waals surface area contributed by atoms with Gasteiger partial charge < -0.3 is 0 Å². The molecule has 0 aliphatic heterocycles. The largest absolute Gasteiger partial charge is 0.289 e. The number of imidazole rings is 3. The summed E-state index contributed by atoms with van der Waals surface area (Å²) in [7, 11) is 0. The van der Waals surface area contributed by atoms with Gasteiger partial charge in [0.2, 0.25) is 17.5 Å². The molecule has 10 rings (SSSR count). The highest BCUT2D eigenvalue weighted by atomic mass is 15.2. The van der Waals surface area contributed by atoms with Crippen LogP contribution in [0.4, 0.5) is 0 Å². The first-order valence-electron chi connectivity index (χ1n) is 17.9. The maximum absolute atomic E-state index is 5.27. The topological polar surface area (TPSA) is 92.1 Å². The molecule has 0 radical (unpaired) electrons. The minimum atomic E-state index is 0.404. The lowest BCUT2D eigenvalue weighted by Crippen LogP contribution is -2.10. The number of hydrogen-bond donors (Lipinski definition) is 0. The summed E-state index contributed by atoms with van der Waals surface area (Å²) in [6.45, 7) is 6.31. The predicted molar refractivity (Wildman–Crippen MR) is 214 cm³/mol. The molecule has 0 saturated heterocycles. The Morgan fingerprint density at radius 2 is 0.556 bits per heavy atom. The zero-order chi connectivity index (χ0) is 36.3. The van der Waals surface area contributed by atoms with Gasteiger partial charge in [-0.2, -0.15) is 0 Å². The molecule has 0 aliphatic carbocycles. The lowest BCUT2D eigenvalue weighted by atomic mass is 10.2. The molecule has 6 aromatic carbocycles. The Bertz CT molecular complexity index is 2720. The fraction of sp³-hybridized carbons (Fsp3) is 0.0667. The summed E-state index contributed by atoms with van der Waals surface area (Å²) in [6, 6.07) is 49.3. The molecule has 0 spiro atoms. The SMILES string of the molecule is Cc1ccccc1-n1c(-c2nc(-c3nc4ccccc4n3-c3ccccc3C)nc(-c3nc4ccccc4n3-c3ccccc3C)n2)nc2ccccc21. The second kappa shape index (κ2) is 12.5. The van der Waals surface area contributed by atoms with Crippen LogP contribution in [-0.2, 0) is 0 Å². The van der Waals surface area contributed by atoms with Crippen LogP contribution in [0.2, 0.25) is 0 Å². The van der Waals surface area contributed by atoms with Gasteiger partial charge in [-0.15, -0.1) is 0 Å². The van der Waals surface area contributed by atoms with Gasteiger partial charge in [0, 0.05) is 0 Å². The highest BCUT2D eigenvalue weighted by molar-refractivity contribution is 5.86. The average Bonchev–Trinajstić information content (AvgIpc) is 3.91. The maximum Gasteiger partial charge on any atom is 0.200 e. The molecule has 54 heavy (non-hydrogen) atoms. The highest BCUT2D eigenvalue weighted by Crippen LogP contribution is 2.35. The molecular formula is C45H33N9. The minimum Gasteiger partial charge on any atom is -0.289 e. The third-order valence-electron chi connectivity index (χ3n) is 9.99. The molecule has 258 valence electrons. The summed E-state index contributed by atoms with van der Waals surface area (Å²) in [5.74, 6) is 2.98. The Morgan fingerprint density at radius 1 is 0.296 bits per heavy atom. The molecule has 0 bridgehead atoms. The van der Waals surface area contributed by atoms with Crippen LogP contribution in [0.5, 0.6) is 0 Å². The van der Waals surface area contributed by atoms with Crippen molar-refractivity contribution in [2.75, 3.05) is 0 Å². The first-order valence-corrected chi connectivity index (χ1v) is 17.9. The van der Waals surface area contributed by atoms with E-state index in [1.54, 1.807) is 0 Å². The van der Waals surface area contributed by atoms with Crippen LogP contribution >= 0.6 is 0 Å². The van der Waals surface area contributed by atoms with Crippen LogP contribution in [0.15, 0.2) is 146 Å². The Kier molecular flexibility index (Phi) is 7.26. The fourth-order valence-corrected chi connectivity index (χ4v) is 7.38. The predicted octanol–water partition coefficient (Wildman–Crippen LogP) is 9.81. The average molecular weight is 700 g/mol. The van der Waals surface area contributed by atoms with Gasteiger partial charge in [0.1, 0.15) is 0 Å². The number of fused-ring (bicyclic) bond motifs is 3. The molecule has 4 aromatic heterocycles. The Balaban J connectivity index is 1.33. The number of para-hydroxylation sites is 9. The molecule has 0 atom stereocenters. The van der Waals surface area contributed by atoms with E-state index < -0.39 is 0 Å². The quantitative estimate of drug-likeness (QED) is 0.172. The molecule has 10 aromatic rings. The van der Waals surface area contributed by atoms with E-state index in [4.69, 9.17) is 29.9 Å². The van der Waals surface area contributed by atoms with Crippen molar-refractivity contribution in [2.24, 2.45) is 0 Å². The van der Waals surface area contributed by atoms with Crippen LogP contribution in [-0.4, -0.2) is 43.6 Å². The summed E-state index contributed by atoms with van der Waals surface area (Å²) in [6.07, 6.45) is 0. The van der Waals surface area contributed by atoms with Crippen molar-refractivity contribution in [1.29, 1.82) is 0 Å². The number of hydrogen-bond acceptors (Lipinski definition) is 6. The third kappa shape index (κ3) is 5.01. The van der Waals surface area contributed by atoms with Crippen LogP contribution in [0.1, 0.15) is 16.7 Å². The maximum atomic E-state index is 5.27. The number of benzene rings is 6. The molecule has 0 fully saturated rings. The Hall–Kier alpha value is -7.26. The van der Waals surface area contributed by atoms with Crippen molar-refractivity contribution in [2.45, 2.75) is 20.8 Å². The number of aromatic nitrogens is 9. The van der Waals surface area contributed by atoms with E-state index in [2.05, 4.69) is 89.1 Å². The number of rotatable bonds is 6. The summed E-state index contributed by atoms with van der Waals surface area (Å²) in [4.78, 5) is 31.4. The molecule has 0 saturated carbocycles. The zero-order valence-electron chi connectivity index (χ0n) is 29.9. The van der Waals surface area contributed by atoms with Gasteiger partial charge in [0.25, 0.3) is 0 Å². The van der Waals surface area contributed by atoms with E-state index in [-0.39, 0.29) is 0 Å². The minimum absolute atomic E-state index is 0.404. The van der Waals surface area contributed by atoms with Crippen molar-refractivity contribution in [1.82, 2.24) is 43.6 Å². The van der Waals surface area contributed by atoms with E-state index in [1.807, 2.05) is 91.0 Å². The first kappa shape index (κ1) is 31.5. The van der Waals surface area contributed by atoms with Crippen LogP contribution in [0.3, 0.4) is 0 Å². The van der Waals surface area contributed by atoms with Gasteiger partial charge >= 0.3 is 0 Å². The van der Waals surface area contributed by atoms with E-state index in [0.717, 1.165) is 66.9 Å². The van der Waals surface area contributed by atoms with Crippen molar-refractivity contribution >= 4 is 33.1 Å². The molecule has 9 nitrogen and oxygen atoms in total. The summed E-state index contributed by atoms with van der Waals surface area (Å²) in [5, 5.41) is 0. The molecular weight excluding hydrogens is 667 g/mol. The standard InChI is InChI=1S/C45H33N9/c1-28-16-4-10-22-34(28)52-37-25-13-7-19-31(37)46-43(52)40-49-41(44-47-32-20-8-14-26-38(32)53(44)35-23-11-5-17-29(35)2)51-42(50-40)45-48-33-21-9-15-27-39(33)54(45)36-24-12-6-18-30(36)3/h4-27H,1-3H3. The fourth-order valence-electron chi connectivity index (χ4n) is 7.38. The second-order valence-corrected chi connectivity index (χ2v) is 13.4. The molecule has 4 heterocycles. The lowest BCUT2D eigenvalue weighted by molar-refractivity contribution is 0.956. The lowest BCUT2D eigenvalue weighted by Gasteiger charge is -2.15. The second-order valence-electron chi connectivity index (χ2n) is 13.4. The van der Waals surface area contributed by atoms with Crippen LogP contribution in [0.25, 0.3) is 85.1 Å².